The van der Waals surface area contributed by atoms with E-state index in [2.05, 4.69) is 15.5 Å². The Morgan fingerprint density at radius 1 is 1.03 bits per heavy atom. The fourth-order valence-corrected chi connectivity index (χ4v) is 4.82. The quantitative estimate of drug-likeness (QED) is 0.438. The maximum Gasteiger partial charge on any atom is 0.261 e. The molecule has 7 nitrogen and oxygen atoms in total. The lowest BCUT2D eigenvalue weighted by molar-refractivity contribution is -0.131. The maximum atomic E-state index is 12.9. The van der Waals surface area contributed by atoms with Crippen molar-refractivity contribution < 1.29 is 14.3 Å². The van der Waals surface area contributed by atoms with Crippen molar-refractivity contribution in [3.63, 3.8) is 0 Å². The summed E-state index contributed by atoms with van der Waals surface area (Å²) in [6.45, 7) is 4.84. The first kappa shape index (κ1) is 25.7. The van der Waals surface area contributed by atoms with Crippen molar-refractivity contribution in [1.29, 1.82) is 0 Å². The number of nitrogens with zero attached hydrogens (tertiary/aromatic N) is 2. The summed E-state index contributed by atoms with van der Waals surface area (Å²) < 4.78 is 5.42. The first-order valence-electron chi connectivity index (χ1n) is 11.9. The van der Waals surface area contributed by atoms with E-state index in [4.69, 9.17) is 28.6 Å². The number of nitrogens with one attached hydrogen (secondary N) is 2. The van der Waals surface area contributed by atoms with E-state index in [9.17, 15) is 9.59 Å². The molecule has 0 atom stereocenters. The number of hydrogen-bond acceptors (Lipinski definition) is 5. The van der Waals surface area contributed by atoms with Gasteiger partial charge in [-0.25, -0.2) is 0 Å². The summed E-state index contributed by atoms with van der Waals surface area (Å²) in [5.74, 6) is 0.311. The number of benzene rings is 3. The molecule has 2 amide bonds. The molecule has 1 saturated heterocycles. The van der Waals surface area contributed by atoms with E-state index in [1.807, 2.05) is 54.3 Å². The van der Waals surface area contributed by atoms with Gasteiger partial charge < -0.3 is 19.9 Å². The normalized spacial score (nSPS) is 13.4. The molecule has 2 N–H and O–H groups in total. The van der Waals surface area contributed by atoms with Crippen LogP contribution in [-0.2, 0) is 4.79 Å². The molecule has 9 heteroatoms. The second-order valence-electron chi connectivity index (χ2n) is 8.59. The molecule has 4 rings (SSSR count). The second-order valence-corrected chi connectivity index (χ2v) is 9.41. The first-order chi connectivity index (χ1) is 17.4. The summed E-state index contributed by atoms with van der Waals surface area (Å²) in [5, 5.41) is 8.38. The van der Waals surface area contributed by atoms with Gasteiger partial charge in [-0.05, 0) is 59.7 Å². The predicted molar refractivity (Wildman–Crippen MR) is 149 cm³/mol. The van der Waals surface area contributed by atoms with Gasteiger partial charge in [-0.15, -0.1) is 0 Å². The Hall–Kier alpha value is -3.36. The molecule has 0 aromatic heterocycles. The van der Waals surface area contributed by atoms with E-state index in [1.165, 1.54) is 7.11 Å². The number of hydrogen-bond donors (Lipinski definition) is 2. The van der Waals surface area contributed by atoms with Crippen LogP contribution in [-0.4, -0.2) is 55.1 Å². The molecule has 1 aliphatic rings. The van der Waals surface area contributed by atoms with E-state index in [0.29, 0.717) is 41.5 Å². The Labute approximate surface area is 221 Å². The SMILES string of the molecule is CCCC(=O)N1CCN(c2ccc(NC(=S)NC(=O)c3cc4ccccc4cc3OC)cc2Cl)CC1. The zero-order chi connectivity index (χ0) is 25.7. The van der Waals surface area contributed by atoms with Crippen molar-refractivity contribution in [1.82, 2.24) is 10.2 Å². The third kappa shape index (κ3) is 5.88. The number of amides is 2. The van der Waals surface area contributed by atoms with Crippen molar-refractivity contribution >= 4 is 62.9 Å². The molecule has 3 aromatic rings. The number of fused-ring (bicyclic) bond motifs is 1. The van der Waals surface area contributed by atoms with Gasteiger partial charge in [0.1, 0.15) is 5.75 Å². The Kier molecular flexibility index (Phi) is 8.28. The van der Waals surface area contributed by atoms with Crippen molar-refractivity contribution in [2.24, 2.45) is 0 Å². The van der Waals surface area contributed by atoms with Crippen molar-refractivity contribution in [2.45, 2.75) is 19.8 Å². The molecule has 0 radical (unpaired) electrons. The van der Waals surface area contributed by atoms with Gasteiger partial charge in [0.15, 0.2) is 5.11 Å². The highest BCUT2D eigenvalue weighted by Crippen LogP contribution is 2.30. The summed E-state index contributed by atoms with van der Waals surface area (Å²) in [7, 11) is 1.53. The van der Waals surface area contributed by atoms with Crippen LogP contribution in [0, 0.1) is 0 Å². The zero-order valence-electron chi connectivity index (χ0n) is 20.3. The fourth-order valence-electron chi connectivity index (χ4n) is 4.31. The summed E-state index contributed by atoms with van der Waals surface area (Å²) in [5.41, 5.74) is 1.96. The molecule has 0 bridgehead atoms. The minimum Gasteiger partial charge on any atom is -0.496 e. The van der Waals surface area contributed by atoms with Crippen molar-refractivity contribution in [3.8, 4) is 5.75 Å². The van der Waals surface area contributed by atoms with E-state index in [1.54, 1.807) is 12.1 Å². The smallest absolute Gasteiger partial charge is 0.261 e. The van der Waals surface area contributed by atoms with Crippen LogP contribution in [0.1, 0.15) is 30.1 Å². The Bertz CT molecular complexity index is 1290. The predicted octanol–water partition coefficient (Wildman–Crippen LogP) is 5.08. The average molecular weight is 525 g/mol. The summed E-state index contributed by atoms with van der Waals surface area (Å²) in [4.78, 5) is 29.2. The summed E-state index contributed by atoms with van der Waals surface area (Å²) in [6, 6.07) is 16.9. The molecular formula is C27H29ClN4O3S. The monoisotopic (exact) mass is 524 g/mol. The maximum absolute atomic E-state index is 12.9. The number of carbonyl (C=O) groups excluding carboxylic acids is 2. The van der Waals surface area contributed by atoms with Crippen LogP contribution in [0.15, 0.2) is 54.6 Å². The van der Waals surface area contributed by atoms with Crippen LogP contribution >= 0.6 is 23.8 Å². The number of piperazine rings is 1. The largest absolute Gasteiger partial charge is 0.496 e. The van der Waals surface area contributed by atoms with E-state index in [0.717, 1.165) is 36.0 Å². The number of ether oxygens (including phenoxy) is 1. The van der Waals surface area contributed by atoms with Gasteiger partial charge in [0, 0.05) is 38.3 Å². The molecule has 0 aliphatic carbocycles. The van der Waals surface area contributed by atoms with Crippen LogP contribution in [0.3, 0.4) is 0 Å². The Morgan fingerprint density at radius 3 is 2.36 bits per heavy atom. The topological polar surface area (TPSA) is 73.9 Å². The van der Waals surface area contributed by atoms with Crippen LogP contribution in [0.2, 0.25) is 5.02 Å². The van der Waals surface area contributed by atoms with E-state index < -0.39 is 0 Å². The minimum absolute atomic E-state index is 0.155. The van der Waals surface area contributed by atoms with E-state index in [-0.39, 0.29) is 16.9 Å². The molecule has 1 aliphatic heterocycles. The zero-order valence-corrected chi connectivity index (χ0v) is 21.9. The van der Waals surface area contributed by atoms with Gasteiger partial charge in [-0.3, -0.25) is 14.9 Å². The minimum atomic E-state index is -0.367. The molecule has 3 aromatic carbocycles. The van der Waals surface area contributed by atoms with Crippen molar-refractivity contribution in [3.05, 3.63) is 65.2 Å². The third-order valence-corrected chi connectivity index (χ3v) is 6.69. The second kappa shape index (κ2) is 11.6. The lowest BCUT2D eigenvalue weighted by Gasteiger charge is -2.36. The number of rotatable bonds is 6. The Balaban J connectivity index is 1.38. The highest BCUT2D eigenvalue weighted by Gasteiger charge is 2.22. The molecule has 0 spiro atoms. The molecule has 188 valence electrons. The van der Waals surface area contributed by atoms with Gasteiger partial charge in [0.05, 0.1) is 23.4 Å². The van der Waals surface area contributed by atoms with Gasteiger partial charge in [0.2, 0.25) is 5.91 Å². The lowest BCUT2D eigenvalue weighted by atomic mass is 10.1. The van der Waals surface area contributed by atoms with Crippen LogP contribution in [0.25, 0.3) is 10.8 Å². The third-order valence-electron chi connectivity index (χ3n) is 6.18. The molecule has 1 fully saturated rings. The first-order valence-corrected chi connectivity index (χ1v) is 12.7. The lowest BCUT2D eigenvalue weighted by Crippen LogP contribution is -2.48. The number of halogens is 1. The van der Waals surface area contributed by atoms with Crippen LogP contribution < -0.4 is 20.3 Å². The standard InChI is InChI=1S/C27H29ClN4O3S/c1-3-6-25(33)32-13-11-31(12-14-32)23-10-9-20(17-22(23)28)29-27(36)30-26(34)21-15-18-7-4-5-8-19(18)16-24(21)35-2/h4-5,7-10,15-17H,3,6,11-14H2,1-2H3,(H2,29,30,34,36). The van der Waals surface area contributed by atoms with Gasteiger partial charge in [0.25, 0.3) is 5.91 Å². The van der Waals surface area contributed by atoms with Gasteiger partial charge in [-0.2, -0.15) is 0 Å². The molecule has 36 heavy (non-hydrogen) atoms. The number of thiocarbonyl (C=S) groups is 1. The molecule has 0 unspecified atom stereocenters. The average Bonchev–Trinajstić information content (AvgIpc) is 2.88. The van der Waals surface area contributed by atoms with Crippen LogP contribution in [0.5, 0.6) is 5.75 Å². The summed E-state index contributed by atoms with van der Waals surface area (Å²) in [6.07, 6.45) is 1.45. The van der Waals surface area contributed by atoms with E-state index >= 15 is 0 Å². The highest BCUT2D eigenvalue weighted by atomic mass is 35.5. The molecule has 0 saturated carbocycles. The van der Waals surface area contributed by atoms with Gasteiger partial charge >= 0.3 is 0 Å². The number of carbonyl (C=O) groups is 2. The van der Waals surface area contributed by atoms with Crippen LogP contribution in [0.4, 0.5) is 11.4 Å². The highest BCUT2D eigenvalue weighted by molar-refractivity contribution is 7.80. The summed E-state index contributed by atoms with van der Waals surface area (Å²) >= 11 is 12.0. The van der Waals surface area contributed by atoms with Crippen molar-refractivity contribution in [2.75, 3.05) is 43.5 Å². The number of methoxy groups -OCH3 is 1. The number of anilines is 2. The van der Waals surface area contributed by atoms with Gasteiger partial charge in [-0.1, -0.05) is 42.8 Å². The molecular weight excluding hydrogens is 496 g/mol. The Morgan fingerprint density at radius 2 is 1.72 bits per heavy atom. The molecule has 1 heterocycles. The fraction of sp³-hybridized carbons (Fsp3) is 0.296.